The number of amides is 1. The molecule has 2 aliphatic rings. The second-order valence-electron chi connectivity index (χ2n) is 4.10. The number of carbonyl (C=O) groups is 1. The van der Waals surface area contributed by atoms with Gasteiger partial charge in [-0.15, -0.1) is 0 Å². The summed E-state index contributed by atoms with van der Waals surface area (Å²) in [5.41, 5.74) is 0. The molecule has 2 fully saturated rings. The molecule has 2 saturated carbocycles. The van der Waals surface area contributed by atoms with Crippen molar-refractivity contribution in [2.45, 2.75) is 57.5 Å². The topological polar surface area (TPSA) is 20.3 Å². The lowest BCUT2D eigenvalue weighted by atomic mass is 10.2. The third-order valence-corrected chi connectivity index (χ3v) is 3.02. The summed E-state index contributed by atoms with van der Waals surface area (Å²) < 4.78 is 0. The molecule has 68 valence electrons. The zero-order valence-electron chi connectivity index (χ0n) is 7.75. The molecule has 0 unspecified atom stereocenters. The van der Waals surface area contributed by atoms with E-state index in [2.05, 4.69) is 4.90 Å². The second kappa shape index (κ2) is 3.08. The van der Waals surface area contributed by atoms with Gasteiger partial charge in [-0.1, -0.05) is 12.8 Å². The van der Waals surface area contributed by atoms with Gasteiger partial charge < -0.3 is 4.90 Å². The van der Waals surface area contributed by atoms with Crippen molar-refractivity contribution in [3.05, 3.63) is 0 Å². The Kier molecular flexibility index (Phi) is 2.07. The Morgan fingerprint density at radius 2 is 1.58 bits per heavy atom. The molecule has 12 heavy (non-hydrogen) atoms. The molecule has 0 aromatic heterocycles. The number of rotatable bonds is 2. The van der Waals surface area contributed by atoms with Crippen LogP contribution >= 0.6 is 0 Å². The van der Waals surface area contributed by atoms with Crippen molar-refractivity contribution in [1.82, 2.24) is 4.90 Å². The fourth-order valence-electron chi connectivity index (χ4n) is 2.35. The van der Waals surface area contributed by atoms with Crippen LogP contribution in [-0.4, -0.2) is 22.9 Å². The summed E-state index contributed by atoms with van der Waals surface area (Å²) >= 11 is 0. The number of nitrogens with zero attached hydrogens (tertiary/aromatic N) is 1. The maximum atomic E-state index is 11.3. The van der Waals surface area contributed by atoms with E-state index in [1.807, 2.05) is 0 Å². The smallest absolute Gasteiger partial charge is 0.219 e. The predicted molar refractivity (Wildman–Crippen MR) is 47.8 cm³/mol. The highest BCUT2D eigenvalue weighted by Gasteiger charge is 2.36. The van der Waals surface area contributed by atoms with Gasteiger partial charge >= 0.3 is 0 Å². The lowest BCUT2D eigenvalue weighted by Crippen LogP contribution is -2.38. The first-order chi connectivity index (χ1) is 5.79. The van der Waals surface area contributed by atoms with Crippen molar-refractivity contribution < 1.29 is 4.79 Å². The van der Waals surface area contributed by atoms with E-state index in [-0.39, 0.29) is 0 Å². The molecule has 0 heterocycles. The maximum Gasteiger partial charge on any atom is 0.219 e. The summed E-state index contributed by atoms with van der Waals surface area (Å²) in [4.78, 5) is 13.5. The van der Waals surface area contributed by atoms with Crippen molar-refractivity contribution >= 4 is 5.91 Å². The first-order valence-corrected chi connectivity index (χ1v) is 5.08. The van der Waals surface area contributed by atoms with Crippen molar-refractivity contribution in [1.29, 1.82) is 0 Å². The first kappa shape index (κ1) is 8.09. The van der Waals surface area contributed by atoms with Gasteiger partial charge in [0, 0.05) is 19.0 Å². The number of hydrogen-bond acceptors (Lipinski definition) is 1. The highest BCUT2D eigenvalue weighted by molar-refractivity contribution is 5.74. The third kappa shape index (κ3) is 1.47. The van der Waals surface area contributed by atoms with Gasteiger partial charge in [0.15, 0.2) is 0 Å². The fourth-order valence-corrected chi connectivity index (χ4v) is 2.35. The van der Waals surface area contributed by atoms with Gasteiger partial charge in [0.1, 0.15) is 0 Å². The molecule has 0 aromatic rings. The van der Waals surface area contributed by atoms with Crippen LogP contribution in [0.2, 0.25) is 0 Å². The van der Waals surface area contributed by atoms with E-state index in [1.54, 1.807) is 6.92 Å². The van der Waals surface area contributed by atoms with Crippen LogP contribution in [0.3, 0.4) is 0 Å². The van der Waals surface area contributed by atoms with Gasteiger partial charge in [0.2, 0.25) is 5.91 Å². The Morgan fingerprint density at radius 3 is 2.00 bits per heavy atom. The minimum Gasteiger partial charge on any atom is -0.337 e. The molecule has 0 bridgehead atoms. The summed E-state index contributed by atoms with van der Waals surface area (Å²) in [6, 6.07) is 1.21. The Balaban J connectivity index is 1.99. The van der Waals surface area contributed by atoms with Gasteiger partial charge in [-0.25, -0.2) is 0 Å². The van der Waals surface area contributed by atoms with E-state index in [1.165, 1.54) is 38.5 Å². The van der Waals surface area contributed by atoms with Crippen molar-refractivity contribution in [2.75, 3.05) is 0 Å². The van der Waals surface area contributed by atoms with E-state index >= 15 is 0 Å². The summed E-state index contributed by atoms with van der Waals surface area (Å²) in [6.45, 7) is 1.72. The predicted octanol–water partition coefficient (Wildman–Crippen LogP) is 1.94. The minimum absolute atomic E-state index is 0.296. The van der Waals surface area contributed by atoms with Crippen LogP contribution in [0.1, 0.15) is 45.4 Å². The van der Waals surface area contributed by atoms with E-state index < -0.39 is 0 Å². The Hall–Kier alpha value is -0.530. The molecule has 1 amide bonds. The molecule has 0 aromatic carbocycles. The Bertz CT molecular complexity index is 180. The van der Waals surface area contributed by atoms with E-state index in [0.29, 0.717) is 18.0 Å². The van der Waals surface area contributed by atoms with Crippen LogP contribution in [0.4, 0.5) is 0 Å². The molecule has 0 saturated heterocycles. The van der Waals surface area contributed by atoms with Crippen LogP contribution in [-0.2, 0) is 4.79 Å². The zero-order chi connectivity index (χ0) is 8.55. The zero-order valence-corrected chi connectivity index (χ0v) is 7.75. The van der Waals surface area contributed by atoms with Gasteiger partial charge in [-0.2, -0.15) is 0 Å². The number of hydrogen-bond donors (Lipinski definition) is 0. The lowest BCUT2D eigenvalue weighted by molar-refractivity contribution is -0.131. The van der Waals surface area contributed by atoms with Crippen LogP contribution in [0.5, 0.6) is 0 Å². The maximum absolute atomic E-state index is 11.3. The SMILES string of the molecule is CC(=O)N(C1CCCC1)C1CC1. The highest BCUT2D eigenvalue weighted by atomic mass is 16.2. The van der Waals surface area contributed by atoms with E-state index in [4.69, 9.17) is 0 Å². The first-order valence-electron chi connectivity index (χ1n) is 5.08. The standard InChI is InChI=1S/C10H17NO/c1-8(12)11(10-6-7-10)9-4-2-3-5-9/h9-10H,2-7H2,1H3. The Labute approximate surface area is 73.9 Å². The molecule has 0 aliphatic heterocycles. The van der Waals surface area contributed by atoms with E-state index in [0.717, 1.165) is 0 Å². The molecule has 0 spiro atoms. The molecule has 0 atom stereocenters. The molecule has 2 heteroatoms. The van der Waals surface area contributed by atoms with Gasteiger partial charge in [0.25, 0.3) is 0 Å². The molecule has 0 N–H and O–H groups in total. The quantitative estimate of drug-likeness (QED) is 0.615. The summed E-state index contributed by atoms with van der Waals surface area (Å²) in [5.74, 6) is 0.296. The van der Waals surface area contributed by atoms with Crippen LogP contribution in [0.15, 0.2) is 0 Å². The minimum atomic E-state index is 0.296. The molecule has 2 aliphatic carbocycles. The third-order valence-electron chi connectivity index (χ3n) is 3.02. The van der Waals surface area contributed by atoms with E-state index in [9.17, 15) is 4.79 Å². The van der Waals surface area contributed by atoms with Gasteiger partial charge in [0.05, 0.1) is 0 Å². The van der Waals surface area contributed by atoms with Crippen molar-refractivity contribution in [3.63, 3.8) is 0 Å². The highest BCUT2D eigenvalue weighted by Crippen LogP contribution is 2.34. The van der Waals surface area contributed by atoms with Crippen LogP contribution in [0, 0.1) is 0 Å². The fraction of sp³-hybridized carbons (Fsp3) is 0.900. The molecular formula is C10H17NO. The monoisotopic (exact) mass is 167 g/mol. The van der Waals surface area contributed by atoms with Gasteiger partial charge in [-0.3, -0.25) is 4.79 Å². The molecule has 2 rings (SSSR count). The lowest BCUT2D eigenvalue weighted by Gasteiger charge is -2.27. The average molecular weight is 167 g/mol. The Morgan fingerprint density at radius 1 is 1.08 bits per heavy atom. The molecule has 0 radical (unpaired) electrons. The van der Waals surface area contributed by atoms with Crippen LogP contribution < -0.4 is 0 Å². The van der Waals surface area contributed by atoms with Crippen molar-refractivity contribution in [3.8, 4) is 0 Å². The largest absolute Gasteiger partial charge is 0.337 e. The number of carbonyl (C=O) groups excluding carboxylic acids is 1. The normalized spacial score (nSPS) is 24.4. The van der Waals surface area contributed by atoms with Crippen molar-refractivity contribution in [2.24, 2.45) is 0 Å². The van der Waals surface area contributed by atoms with Crippen LogP contribution in [0.25, 0.3) is 0 Å². The summed E-state index contributed by atoms with van der Waals surface area (Å²) in [7, 11) is 0. The summed E-state index contributed by atoms with van der Waals surface area (Å²) in [6.07, 6.45) is 7.63. The van der Waals surface area contributed by atoms with Gasteiger partial charge in [-0.05, 0) is 25.7 Å². The molecule has 2 nitrogen and oxygen atoms in total. The molecular weight excluding hydrogens is 150 g/mol. The average Bonchev–Trinajstić information content (AvgIpc) is 2.65. The summed E-state index contributed by atoms with van der Waals surface area (Å²) in [5, 5.41) is 0. The second-order valence-corrected chi connectivity index (χ2v) is 4.10.